The van der Waals surface area contributed by atoms with Crippen LogP contribution < -0.4 is 4.72 Å². The molecule has 0 fully saturated rings. The predicted octanol–water partition coefficient (Wildman–Crippen LogP) is -0.319. The highest BCUT2D eigenvalue weighted by atomic mass is 32.2. The molecule has 11 heavy (non-hydrogen) atoms. The van der Waals surface area contributed by atoms with Gasteiger partial charge in [-0.3, -0.25) is 4.79 Å². The van der Waals surface area contributed by atoms with E-state index in [2.05, 4.69) is 11.3 Å². The van der Waals surface area contributed by atoms with Crippen LogP contribution in [0.25, 0.3) is 0 Å². The summed E-state index contributed by atoms with van der Waals surface area (Å²) in [5.41, 5.74) is 0. The lowest BCUT2D eigenvalue weighted by atomic mass is 10.3. The van der Waals surface area contributed by atoms with Crippen molar-refractivity contribution in [3.8, 4) is 0 Å². The quantitative estimate of drug-likeness (QED) is 0.585. The standard InChI is InChI=1S/C6H11NO3S/c1-3-4-6(8)5-7-11(2,9)10/h3,7H,1,4-5H2,2H3. The summed E-state index contributed by atoms with van der Waals surface area (Å²) in [6.45, 7) is 3.20. The van der Waals surface area contributed by atoms with E-state index in [1.165, 1.54) is 6.08 Å². The van der Waals surface area contributed by atoms with E-state index in [1.807, 2.05) is 0 Å². The first-order valence-electron chi connectivity index (χ1n) is 3.03. The van der Waals surface area contributed by atoms with E-state index >= 15 is 0 Å². The molecule has 0 saturated heterocycles. The van der Waals surface area contributed by atoms with Gasteiger partial charge in [0.2, 0.25) is 10.0 Å². The van der Waals surface area contributed by atoms with Gasteiger partial charge in [0.15, 0.2) is 5.78 Å². The maximum Gasteiger partial charge on any atom is 0.209 e. The van der Waals surface area contributed by atoms with Gasteiger partial charge in [-0.2, -0.15) is 0 Å². The molecule has 0 radical (unpaired) electrons. The Balaban J connectivity index is 3.72. The van der Waals surface area contributed by atoms with Crippen LogP contribution in [0.15, 0.2) is 12.7 Å². The zero-order valence-corrected chi connectivity index (χ0v) is 7.15. The maximum atomic E-state index is 10.7. The van der Waals surface area contributed by atoms with E-state index in [0.717, 1.165) is 6.26 Å². The molecule has 5 heteroatoms. The number of Topliss-reactive ketones (excluding diaryl/α,β-unsaturated/α-hetero) is 1. The fraction of sp³-hybridized carbons (Fsp3) is 0.500. The first kappa shape index (κ1) is 10.3. The third-order valence-corrected chi connectivity index (χ3v) is 1.57. The average Bonchev–Trinajstić information content (AvgIpc) is 1.83. The number of ketones is 1. The van der Waals surface area contributed by atoms with Gasteiger partial charge in [0.1, 0.15) is 0 Å². The van der Waals surface area contributed by atoms with Crippen LogP contribution in [0.5, 0.6) is 0 Å². The van der Waals surface area contributed by atoms with E-state index in [1.54, 1.807) is 0 Å². The van der Waals surface area contributed by atoms with Crippen LogP contribution in [0.4, 0.5) is 0 Å². The number of nitrogens with one attached hydrogen (secondary N) is 1. The maximum absolute atomic E-state index is 10.7. The first-order chi connectivity index (χ1) is 4.95. The molecule has 0 amide bonds. The number of hydrogen-bond donors (Lipinski definition) is 1. The van der Waals surface area contributed by atoms with Crippen molar-refractivity contribution in [2.45, 2.75) is 6.42 Å². The summed E-state index contributed by atoms with van der Waals surface area (Å²) in [7, 11) is -3.24. The van der Waals surface area contributed by atoms with Gasteiger partial charge >= 0.3 is 0 Å². The number of sulfonamides is 1. The van der Waals surface area contributed by atoms with Gasteiger partial charge < -0.3 is 0 Å². The van der Waals surface area contributed by atoms with Crippen molar-refractivity contribution in [1.29, 1.82) is 0 Å². The molecule has 0 aromatic rings. The molecule has 0 heterocycles. The molecule has 0 aliphatic rings. The lowest BCUT2D eigenvalue weighted by Gasteiger charge is -1.97. The lowest BCUT2D eigenvalue weighted by molar-refractivity contribution is -0.117. The van der Waals surface area contributed by atoms with E-state index in [0.29, 0.717) is 0 Å². The van der Waals surface area contributed by atoms with Gasteiger partial charge in [-0.05, 0) is 0 Å². The number of allylic oxidation sites excluding steroid dienone is 1. The summed E-state index contributed by atoms with van der Waals surface area (Å²) in [6.07, 6.45) is 2.64. The molecule has 0 aromatic heterocycles. The molecule has 0 aromatic carbocycles. The Morgan fingerprint density at radius 1 is 1.64 bits per heavy atom. The highest BCUT2D eigenvalue weighted by molar-refractivity contribution is 7.88. The Bertz CT molecular complexity index is 243. The Morgan fingerprint density at radius 3 is 2.55 bits per heavy atom. The largest absolute Gasteiger partial charge is 0.298 e. The van der Waals surface area contributed by atoms with Crippen molar-refractivity contribution in [3.05, 3.63) is 12.7 Å². The second kappa shape index (κ2) is 4.25. The molecule has 0 rings (SSSR count). The summed E-state index contributed by atoms with van der Waals surface area (Å²) >= 11 is 0. The zero-order valence-electron chi connectivity index (χ0n) is 6.33. The summed E-state index contributed by atoms with van der Waals surface area (Å²) in [4.78, 5) is 10.7. The van der Waals surface area contributed by atoms with Crippen LogP contribution >= 0.6 is 0 Å². The lowest BCUT2D eigenvalue weighted by Crippen LogP contribution is -2.28. The van der Waals surface area contributed by atoms with E-state index in [4.69, 9.17) is 0 Å². The zero-order chi connectivity index (χ0) is 8.91. The van der Waals surface area contributed by atoms with Crippen LogP contribution in [-0.4, -0.2) is 27.0 Å². The third kappa shape index (κ3) is 7.21. The smallest absolute Gasteiger partial charge is 0.209 e. The van der Waals surface area contributed by atoms with Crippen molar-refractivity contribution in [2.75, 3.05) is 12.8 Å². The first-order valence-corrected chi connectivity index (χ1v) is 4.92. The summed E-state index contributed by atoms with van der Waals surface area (Å²) in [5.74, 6) is -0.189. The molecule has 0 unspecified atom stereocenters. The third-order valence-electron chi connectivity index (χ3n) is 0.904. The highest BCUT2D eigenvalue weighted by Gasteiger charge is 2.03. The molecule has 1 N–H and O–H groups in total. The van der Waals surface area contributed by atoms with Crippen molar-refractivity contribution in [2.24, 2.45) is 0 Å². The van der Waals surface area contributed by atoms with Crippen LogP contribution in [-0.2, 0) is 14.8 Å². The molecule has 0 bridgehead atoms. The van der Waals surface area contributed by atoms with Gasteiger partial charge in [-0.1, -0.05) is 6.08 Å². The van der Waals surface area contributed by atoms with Gasteiger partial charge in [0, 0.05) is 6.42 Å². The molecule has 0 aliphatic carbocycles. The van der Waals surface area contributed by atoms with Crippen LogP contribution in [0.2, 0.25) is 0 Å². The minimum Gasteiger partial charge on any atom is -0.298 e. The molecule has 0 aliphatic heterocycles. The second-order valence-electron chi connectivity index (χ2n) is 2.12. The summed E-state index contributed by atoms with van der Waals surface area (Å²) in [6, 6.07) is 0. The van der Waals surface area contributed by atoms with Crippen LogP contribution in [0.1, 0.15) is 6.42 Å². The van der Waals surface area contributed by atoms with Gasteiger partial charge in [-0.25, -0.2) is 13.1 Å². The summed E-state index contributed by atoms with van der Waals surface area (Å²) < 4.78 is 23.0. The van der Waals surface area contributed by atoms with Crippen molar-refractivity contribution in [3.63, 3.8) is 0 Å². The minimum absolute atomic E-state index is 0.148. The van der Waals surface area contributed by atoms with Crippen molar-refractivity contribution in [1.82, 2.24) is 4.72 Å². The molecule has 0 spiro atoms. The van der Waals surface area contributed by atoms with E-state index in [9.17, 15) is 13.2 Å². The van der Waals surface area contributed by atoms with Gasteiger partial charge in [-0.15, -0.1) is 6.58 Å². The Morgan fingerprint density at radius 2 is 2.18 bits per heavy atom. The van der Waals surface area contributed by atoms with E-state index < -0.39 is 10.0 Å². The number of carbonyl (C=O) groups is 1. The Labute approximate surface area is 66.3 Å². The highest BCUT2D eigenvalue weighted by Crippen LogP contribution is 1.82. The summed E-state index contributed by atoms with van der Waals surface area (Å²) in [5, 5.41) is 0. The van der Waals surface area contributed by atoms with Crippen LogP contribution in [0.3, 0.4) is 0 Å². The molecule has 0 saturated carbocycles. The fourth-order valence-electron chi connectivity index (χ4n) is 0.445. The number of rotatable bonds is 5. The van der Waals surface area contributed by atoms with Crippen molar-refractivity contribution < 1.29 is 13.2 Å². The number of hydrogen-bond acceptors (Lipinski definition) is 3. The second-order valence-corrected chi connectivity index (χ2v) is 3.96. The molecular weight excluding hydrogens is 166 g/mol. The monoisotopic (exact) mass is 177 g/mol. The average molecular weight is 177 g/mol. The topological polar surface area (TPSA) is 63.2 Å². The SMILES string of the molecule is C=CCC(=O)CNS(C)(=O)=O. The normalized spacial score (nSPS) is 11.0. The predicted molar refractivity (Wildman–Crippen MR) is 42.7 cm³/mol. The van der Waals surface area contributed by atoms with Gasteiger partial charge in [0.25, 0.3) is 0 Å². The Kier molecular flexibility index (Phi) is 3.99. The van der Waals surface area contributed by atoms with E-state index in [-0.39, 0.29) is 18.7 Å². The molecule has 0 atom stereocenters. The van der Waals surface area contributed by atoms with Crippen LogP contribution in [0, 0.1) is 0 Å². The van der Waals surface area contributed by atoms with Crippen molar-refractivity contribution >= 4 is 15.8 Å². The number of carbonyl (C=O) groups excluding carboxylic acids is 1. The molecule has 4 nitrogen and oxygen atoms in total. The molecule has 64 valence electrons. The Hall–Kier alpha value is -0.680. The molecular formula is C6H11NO3S. The van der Waals surface area contributed by atoms with Gasteiger partial charge in [0.05, 0.1) is 12.8 Å². The minimum atomic E-state index is -3.24. The fourth-order valence-corrected chi connectivity index (χ4v) is 0.868.